The molecule has 1 atom stereocenters. The first-order valence-corrected chi connectivity index (χ1v) is 4.64. The van der Waals surface area contributed by atoms with Gasteiger partial charge in [-0.05, 0) is 23.3 Å². The summed E-state index contributed by atoms with van der Waals surface area (Å²) in [6.45, 7) is 0. The lowest BCUT2D eigenvalue weighted by Gasteiger charge is -2.02. The smallest absolute Gasteiger partial charge is 0.154 e. The SMILES string of the molecule is C[S+]([O-])c1c[c]cc(Cl)c1. The average Bonchev–Trinajstić information content (AvgIpc) is 1.88. The van der Waals surface area contributed by atoms with E-state index in [-0.39, 0.29) is 0 Å². The molecule has 0 aliphatic heterocycles. The lowest BCUT2D eigenvalue weighted by Crippen LogP contribution is -1.95. The molecular weight excluding hydrogens is 168 g/mol. The fourth-order valence-corrected chi connectivity index (χ4v) is 1.36. The van der Waals surface area contributed by atoms with Crippen LogP contribution in [-0.4, -0.2) is 10.8 Å². The van der Waals surface area contributed by atoms with Gasteiger partial charge in [0.1, 0.15) is 6.26 Å². The van der Waals surface area contributed by atoms with E-state index in [0.29, 0.717) is 9.92 Å². The van der Waals surface area contributed by atoms with E-state index in [1.54, 1.807) is 24.5 Å². The first kappa shape index (κ1) is 7.92. The fraction of sp³-hybridized carbons (Fsp3) is 0.143. The van der Waals surface area contributed by atoms with E-state index in [4.69, 9.17) is 11.6 Å². The van der Waals surface area contributed by atoms with Crippen LogP contribution in [0.5, 0.6) is 0 Å². The fourth-order valence-electron chi connectivity index (χ4n) is 0.589. The van der Waals surface area contributed by atoms with Crippen LogP contribution in [0.3, 0.4) is 0 Å². The summed E-state index contributed by atoms with van der Waals surface area (Å²) in [6.07, 6.45) is 1.61. The molecule has 0 heterocycles. The molecule has 1 rings (SSSR count). The highest BCUT2D eigenvalue weighted by Crippen LogP contribution is 2.14. The summed E-state index contributed by atoms with van der Waals surface area (Å²) in [7, 11) is 0. The highest BCUT2D eigenvalue weighted by atomic mass is 35.5. The van der Waals surface area contributed by atoms with Crippen molar-refractivity contribution in [2.45, 2.75) is 4.90 Å². The molecule has 0 amide bonds. The molecule has 1 nitrogen and oxygen atoms in total. The Morgan fingerprint density at radius 3 is 2.70 bits per heavy atom. The third kappa shape index (κ3) is 1.90. The summed E-state index contributed by atoms with van der Waals surface area (Å²) in [5.74, 6) is 0. The third-order valence-electron chi connectivity index (χ3n) is 1.06. The summed E-state index contributed by atoms with van der Waals surface area (Å²) < 4.78 is 10.8. The zero-order chi connectivity index (χ0) is 7.56. The molecule has 0 spiro atoms. The van der Waals surface area contributed by atoms with Crippen LogP contribution in [0.2, 0.25) is 5.02 Å². The minimum atomic E-state index is -0.955. The summed E-state index contributed by atoms with van der Waals surface area (Å²) in [5.41, 5.74) is 0. The first-order chi connectivity index (χ1) is 4.70. The number of rotatable bonds is 1. The predicted molar refractivity (Wildman–Crippen MR) is 42.6 cm³/mol. The summed E-state index contributed by atoms with van der Waals surface area (Å²) in [4.78, 5) is 0.715. The molecule has 0 saturated carbocycles. The lowest BCUT2D eigenvalue weighted by atomic mass is 10.4. The van der Waals surface area contributed by atoms with Gasteiger partial charge < -0.3 is 4.55 Å². The van der Waals surface area contributed by atoms with Crippen molar-refractivity contribution in [3.8, 4) is 0 Å². The van der Waals surface area contributed by atoms with Crippen molar-refractivity contribution in [2.24, 2.45) is 0 Å². The van der Waals surface area contributed by atoms with E-state index in [1.807, 2.05) is 0 Å². The first-order valence-electron chi connectivity index (χ1n) is 2.70. The molecule has 3 heteroatoms. The average molecular weight is 174 g/mol. The molecule has 1 radical (unpaired) electrons. The van der Waals surface area contributed by atoms with Gasteiger partial charge in [-0.15, -0.1) is 0 Å². The number of halogens is 1. The Balaban J connectivity index is 2.96. The highest BCUT2D eigenvalue weighted by Gasteiger charge is 2.02. The van der Waals surface area contributed by atoms with Gasteiger partial charge in [0.05, 0.1) is 0 Å². The van der Waals surface area contributed by atoms with Crippen LogP contribution in [0.25, 0.3) is 0 Å². The van der Waals surface area contributed by atoms with Gasteiger partial charge in [0.25, 0.3) is 0 Å². The number of benzene rings is 1. The van der Waals surface area contributed by atoms with Crippen molar-refractivity contribution in [2.75, 3.05) is 6.26 Å². The van der Waals surface area contributed by atoms with Crippen LogP contribution in [0.1, 0.15) is 0 Å². The Labute approximate surface area is 68.2 Å². The lowest BCUT2D eigenvalue weighted by molar-refractivity contribution is 0.601. The molecule has 0 aliphatic rings. The van der Waals surface area contributed by atoms with Crippen LogP contribution in [0.15, 0.2) is 23.1 Å². The van der Waals surface area contributed by atoms with E-state index in [2.05, 4.69) is 6.07 Å². The molecule has 0 saturated heterocycles. The number of hydrogen-bond acceptors (Lipinski definition) is 1. The van der Waals surface area contributed by atoms with Crippen molar-refractivity contribution in [1.82, 2.24) is 0 Å². The van der Waals surface area contributed by atoms with Gasteiger partial charge in [0, 0.05) is 17.2 Å². The van der Waals surface area contributed by atoms with E-state index in [9.17, 15) is 4.55 Å². The molecule has 53 valence electrons. The second-order valence-corrected chi connectivity index (χ2v) is 3.66. The Hall–Kier alpha value is -0.180. The monoisotopic (exact) mass is 173 g/mol. The van der Waals surface area contributed by atoms with Crippen LogP contribution in [0, 0.1) is 6.07 Å². The second-order valence-electron chi connectivity index (χ2n) is 1.84. The number of hydrogen-bond donors (Lipinski definition) is 0. The second kappa shape index (κ2) is 3.28. The van der Waals surface area contributed by atoms with Gasteiger partial charge in [-0.25, -0.2) is 0 Å². The predicted octanol–water partition coefficient (Wildman–Crippen LogP) is 1.88. The largest absolute Gasteiger partial charge is 0.612 e. The molecule has 0 aliphatic carbocycles. The topological polar surface area (TPSA) is 23.1 Å². The van der Waals surface area contributed by atoms with Crippen molar-refractivity contribution >= 4 is 22.8 Å². The van der Waals surface area contributed by atoms with Crippen LogP contribution >= 0.6 is 11.6 Å². The van der Waals surface area contributed by atoms with Crippen molar-refractivity contribution in [3.63, 3.8) is 0 Å². The summed E-state index contributed by atoms with van der Waals surface area (Å²) in [6, 6.07) is 7.77. The Morgan fingerprint density at radius 2 is 2.30 bits per heavy atom. The van der Waals surface area contributed by atoms with Crippen molar-refractivity contribution in [3.05, 3.63) is 29.3 Å². The molecule has 0 N–H and O–H groups in total. The van der Waals surface area contributed by atoms with E-state index >= 15 is 0 Å². The van der Waals surface area contributed by atoms with Crippen LogP contribution in [-0.2, 0) is 11.2 Å². The molecule has 1 unspecified atom stereocenters. The molecule has 0 bridgehead atoms. The minimum absolute atomic E-state index is 0.577. The summed E-state index contributed by atoms with van der Waals surface area (Å²) in [5, 5.41) is 0.577. The van der Waals surface area contributed by atoms with Gasteiger partial charge in [-0.2, -0.15) is 0 Å². The molecule has 0 fully saturated rings. The molecule has 1 aromatic carbocycles. The maximum Gasteiger partial charge on any atom is 0.154 e. The molecule has 0 aromatic heterocycles. The van der Waals surface area contributed by atoms with E-state index in [1.165, 1.54) is 0 Å². The van der Waals surface area contributed by atoms with Gasteiger partial charge in [-0.3, -0.25) is 0 Å². The zero-order valence-electron chi connectivity index (χ0n) is 5.43. The van der Waals surface area contributed by atoms with Crippen molar-refractivity contribution in [1.29, 1.82) is 0 Å². The Kier molecular flexibility index (Phi) is 2.60. The Bertz CT molecular complexity index is 225. The maximum atomic E-state index is 10.8. The Morgan fingerprint density at radius 1 is 1.60 bits per heavy atom. The van der Waals surface area contributed by atoms with E-state index < -0.39 is 11.2 Å². The quantitative estimate of drug-likeness (QED) is 0.595. The van der Waals surface area contributed by atoms with Gasteiger partial charge in [-0.1, -0.05) is 11.6 Å². The van der Waals surface area contributed by atoms with Gasteiger partial charge in [0.2, 0.25) is 0 Å². The third-order valence-corrected chi connectivity index (χ3v) is 2.18. The highest BCUT2D eigenvalue weighted by molar-refractivity contribution is 7.90. The zero-order valence-corrected chi connectivity index (χ0v) is 7.00. The van der Waals surface area contributed by atoms with Gasteiger partial charge in [0.15, 0.2) is 4.90 Å². The minimum Gasteiger partial charge on any atom is -0.612 e. The molecule has 10 heavy (non-hydrogen) atoms. The van der Waals surface area contributed by atoms with Crippen LogP contribution < -0.4 is 0 Å². The molecular formula is C7H6ClOS. The van der Waals surface area contributed by atoms with Crippen LogP contribution in [0.4, 0.5) is 0 Å². The van der Waals surface area contributed by atoms with E-state index in [0.717, 1.165) is 0 Å². The van der Waals surface area contributed by atoms with Gasteiger partial charge >= 0.3 is 0 Å². The summed E-state index contributed by atoms with van der Waals surface area (Å²) >= 11 is 4.67. The molecule has 1 aromatic rings. The maximum absolute atomic E-state index is 10.8. The standard InChI is InChI=1S/C7H6ClOS/c1-10(9)7-4-2-3-6(8)5-7/h3-5H,1H3. The normalized spacial score (nSPS) is 13.1. The van der Waals surface area contributed by atoms with Crippen molar-refractivity contribution < 1.29 is 4.55 Å².